The average Bonchev–Trinajstić information content (AvgIpc) is 3.35. The predicted octanol–water partition coefficient (Wildman–Crippen LogP) is 6.99. The molecule has 2 aliphatic rings. The third-order valence-electron chi connectivity index (χ3n) is 9.30. The molecule has 1 aliphatic heterocycles. The number of morpholine rings is 1. The molecule has 1 amide bonds. The van der Waals surface area contributed by atoms with Crippen molar-refractivity contribution in [3.63, 3.8) is 0 Å². The zero-order chi connectivity index (χ0) is 30.8. The van der Waals surface area contributed by atoms with Crippen LogP contribution >= 0.6 is 0 Å². The standard InChI is InChI=1S/C36H41N3O5/c1-24(40)37(2)29-12-16-32(39-17-19-43-20-18-39)28(21-29)23-44-30-13-9-26(10-14-30)35-34(25-7-5-4-6-8-25)31-15-11-27(36(41)42)22-33(31)38(35)3/h9-16,21-22,25H,4-8,17-20,23H2,1-3H3,(H,41,42). The number of hydrogen-bond acceptors (Lipinski definition) is 5. The fourth-order valence-corrected chi connectivity index (χ4v) is 6.81. The van der Waals surface area contributed by atoms with E-state index < -0.39 is 5.97 Å². The maximum absolute atomic E-state index is 12.1. The number of carboxylic acid groups (broad SMARTS) is 1. The summed E-state index contributed by atoms with van der Waals surface area (Å²) in [6, 6.07) is 19.9. The van der Waals surface area contributed by atoms with Gasteiger partial charge < -0.3 is 28.9 Å². The third kappa shape index (κ3) is 5.91. The number of carbonyl (C=O) groups is 2. The monoisotopic (exact) mass is 595 g/mol. The van der Waals surface area contributed by atoms with Crippen molar-refractivity contribution in [2.75, 3.05) is 43.2 Å². The number of fused-ring (bicyclic) bond motifs is 1. The normalized spacial score (nSPS) is 15.8. The van der Waals surface area contributed by atoms with Crippen molar-refractivity contribution >= 4 is 34.2 Å². The second kappa shape index (κ2) is 12.7. The van der Waals surface area contributed by atoms with Gasteiger partial charge in [-0.2, -0.15) is 0 Å². The predicted molar refractivity (Wildman–Crippen MR) is 174 cm³/mol. The first-order valence-corrected chi connectivity index (χ1v) is 15.6. The summed E-state index contributed by atoms with van der Waals surface area (Å²) in [5, 5.41) is 10.8. The van der Waals surface area contributed by atoms with E-state index in [1.165, 1.54) is 24.8 Å². The molecular weight excluding hydrogens is 554 g/mol. The van der Waals surface area contributed by atoms with Gasteiger partial charge in [0.25, 0.3) is 0 Å². The highest BCUT2D eigenvalue weighted by Crippen LogP contribution is 2.44. The maximum atomic E-state index is 12.1. The molecule has 0 bridgehead atoms. The van der Waals surface area contributed by atoms with Crippen LogP contribution in [0.2, 0.25) is 0 Å². The number of hydrogen-bond donors (Lipinski definition) is 1. The number of benzene rings is 3. The molecule has 0 spiro atoms. The summed E-state index contributed by atoms with van der Waals surface area (Å²) in [6.45, 7) is 4.92. The Kier molecular flexibility index (Phi) is 8.62. The molecule has 1 saturated carbocycles. The van der Waals surface area contributed by atoms with E-state index in [4.69, 9.17) is 9.47 Å². The number of anilines is 2. The number of amides is 1. The molecule has 2 heterocycles. The zero-order valence-electron chi connectivity index (χ0n) is 25.8. The Bertz CT molecular complexity index is 1660. The maximum Gasteiger partial charge on any atom is 0.335 e. The quantitative estimate of drug-likeness (QED) is 0.236. The van der Waals surface area contributed by atoms with Crippen LogP contribution in [0, 0.1) is 0 Å². The molecule has 4 aromatic rings. The van der Waals surface area contributed by atoms with Gasteiger partial charge in [0.1, 0.15) is 12.4 Å². The summed E-state index contributed by atoms with van der Waals surface area (Å²) in [5.41, 5.74) is 7.77. The van der Waals surface area contributed by atoms with E-state index in [1.807, 2.05) is 37.4 Å². The molecule has 1 aromatic heterocycles. The van der Waals surface area contributed by atoms with Crippen molar-refractivity contribution in [1.82, 2.24) is 4.57 Å². The van der Waals surface area contributed by atoms with Crippen LogP contribution in [0.3, 0.4) is 0 Å². The molecule has 8 heteroatoms. The highest BCUT2D eigenvalue weighted by atomic mass is 16.5. The molecule has 0 unspecified atom stereocenters. The van der Waals surface area contributed by atoms with Crippen LogP contribution in [0.15, 0.2) is 60.7 Å². The molecule has 2 fully saturated rings. The molecule has 8 nitrogen and oxygen atoms in total. The van der Waals surface area contributed by atoms with Gasteiger partial charge in [0.2, 0.25) is 5.91 Å². The number of aromatic nitrogens is 1. The molecule has 6 rings (SSSR count). The number of carbonyl (C=O) groups excluding carboxylic acids is 1. The number of nitrogens with zero attached hydrogens (tertiary/aromatic N) is 3. The molecule has 44 heavy (non-hydrogen) atoms. The Labute approximate surface area is 258 Å². The van der Waals surface area contributed by atoms with Crippen LogP contribution in [0.1, 0.15) is 66.4 Å². The Balaban J connectivity index is 1.30. The summed E-state index contributed by atoms with van der Waals surface area (Å²) >= 11 is 0. The largest absolute Gasteiger partial charge is 0.489 e. The van der Waals surface area contributed by atoms with Crippen molar-refractivity contribution in [2.24, 2.45) is 7.05 Å². The Hall–Kier alpha value is -4.30. The summed E-state index contributed by atoms with van der Waals surface area (Å²) < 4.78 is 14.1. The van der Waals surface area contributed by atoms with Crippen molar-refractivity contribution in [3.8, 4) is 17.0 Å². The first-order valence-electron chi connectivity index (χ1n) is 15.6. The van der Waals surface area contributed by atoms with Gasteiger partial charge in [-0.15, -0.1) is 0 Å². The van der Waals surface area contributed by atoms with Gasteiger partial charge in [0.05, 0.1) is 24.5 Å². The Morgan fingerprint density at radius 3 is 2.39 bits per heavy atom. The third-order valence-corrected chi connectivity index (χ3v) is 9.30. The fraction of sp³-hybridized carbons (Fsp3) is 0.389. The van der Waals surface area contributed by atoms with E-state index in [0.29, 0.717) is 31.3 Å². The Morgan fingerprint density at radius 2 is 1.70 bits per heavy atom. The van der Waals surface area contributed by atoms with E-state index in [-0.39, 0.29) is 5.91 Å². The summed E-state index contributed by atoms with van der Waals surface area (Å²) in [4.78, 5) is 27.8. The highest BCUT2D eigenvalue weighted by molar-refractivity contribution is 5.98. The fourth-order valence-electron chi connectivity index (χ4n) is 6.81. The first-order chi connectivity index (χ1) is 21.3. The number of aryl methyl sites for hydroxylation is 1. The molecule has 0 radical (unpaired) electrons. The van der Waals surface area contributed by atoms with Gasteiger partial charge in [0.15, 0.2) is 0 Å². The SMILES string of the molecule is CC(=O)N(C)c1ccc(N2CCOCC2)c(COc2ccc(-c3c(C4CCCCC4)c4ccc(C(=O)O)cc4n3C)cc2)c1. The van der Waals surface area contributed by atoms with Crippen LogP contribution in [0.5, 0.6) is 5.75 Å². The molecular formula is C36H41N3O5. The number of carboxylic acids is 1. The highest BCUT2D eigenvalue weighted by Gasteiger charge is 2.26. The number of aromatic carboxylic acids is 1. The summed E-state index contributed by atoms with van der Waals surface area (Å²) in [5.74, 6) is 0.281. The topological polar surface area (TPSA) is 84.2 Å². The summed E-state index contributed by atoms with van der Waals surface area (Å²) in [7, 11) is 3.82. The molecule has 0 atom stereocenters. The molecule has 1 N–H and O–H groups in total. The lowest BCUT2D eigenvalue weighted by Gasteiger charge is -2.31. The van der Waals surface area contributed by atoms with E-state index in [2.05, 4.69) is 27.7 Å². The number of ether oxygens (including phenoxy) is 2. The van der Waals surface area contributed by atoms with Crippen LogP contribution in [-0.4, -0.2) is 54.9 Å². The lowest BCUT2D eigenvalue weighted by Crippen LogP contribution is -2.37. The van der Waals surface area contributed by atoms with Crippen molar-refractivity contribution in [3.05, 3.63) is 77.4 Å². The molecule has 1 saturated heterocycles. The lowest BCUT2D eigenvalue weighted by atomic mass is 9.82. The van der Waals surface area contributed by atoms with Crippen LogP contribution in [-0.2, 0) is 23.2 Å². The van der Waals surface area contributed by atoms with Gasteiger partial charge in [-0.25, -0.2) is 4.79 Å². The van der Waals surface area contributed by atoms with Gasteiger partial charge in [-0.1, -0.05) is 25.3 Å². The van der Waals surface area contributed by atoms with Crippen LogP contribution in [0.25, 0.3) is 22.2 Å². The second-order valence-electron chi connectivity index (χ2n) is 12.0. The minimum atomic E-state index is -0.911. The van der Waals surface area contributed by atoms with Crippen LogP contribution < -0.4 is 14.5 Å². The number of rotatable bonds is 8. The van der Waals surface area contributed by atoms with Crippen molar-refractivity contribution in [1.29, 1.82) is 0 Å². The van der Waals surface area contributed by atoms with Crippen molar-refractivity contribution in [2.45, 2.75) is 51.6 Å². The molecule has 3 aromatic carbocycles. The minimum absolute atomic E-state index is 0.0216. The van der Waals surface area contributed by atoms with E-state index in [0.717, 1.165) is 70.8 Å². The smallest absolute Gasteiger partial charge is 0.335 e. The lowest BCUT2D eigenvalue weighted by molar-refractivity contribution is -0.116. The van der Waals surface area contributed by atoms with E-state index in [1.54, 1.807) is 31.0 Å². The van der Waals surface area contributed by atoms with Crippen molar-refractivity contribution < 1.29 is 24.2 Å². The molecule has 230 valence electrons. The first kappa shape index (κ1) is 29.8. The van der Waals surface area contributed by atoms with Gasteiger partial charge >= 0.3 is 5.97 Å². The molecule has 1 aliphatic carbocycles. The Morgan fingerprint density at radius 1 is 0.977 bits per heavy atom. The van der Waals surface area contributed by atoms with E-state index in [9.17, 15) is 14.7 Å². The average molecular weight is 596 g/mol. The van der Waals surface area contributed by atoms with Gasteiger partial charge in [-0.05, 0) is 84.5 Å². The second-order valence-corrected chi connectivity index (χ2v) is 12.0. The van der Waals surface area contributed by atoms with Gasteiger partial charge in [-0.3, -0.25) is 4.79 Å². The van der Waals surface area contributed by atoms with Crippen LogP contribution in [0.4, 0.5) is 11.4 Å². The zero-order valence-corrected chi connectivity index (χ0v) is 25.8. The summed E-state index contributed by atoms with van der Waals surface area (Å²) in [6.07, 6.45) is 6.01. The minimum Gasteiger partial charge on any atom is -0.489 e. The van der Waals surface area contributed by atoms with Gasteiger partial charge in [0, 0.05) is 61.9 Å². The van der Waals surface area contributed by atoms with E-state index >= 15 is 0 Å².